The minimum absolute atomic E-state index is 0.313. The highest BCUT2D eigenvalue weighted by Gasteiger charge is 2.14. The summed E-state index contributed by atoms with van der Waals surface area (Å²) < 4.78 is 4.81. The number of carbonyl (C=O) groups excluding carboxylic acids is 1. The van der Waals surface area contributed by atoms with Crippen molar-refractivity contribution in [2.24, 2.45) is 0 Å². The SMILES string of the molecule is CCCc1ccc(-c2ccc(C(=O)OC)nc2-c2ccccc2)cc1. The lowest BCUT2D eigenvalue weighted by Crippen LogP contribution is -2.05. The van der Waals surface area contributed by atoms with Gasteiger partial charge in [-0.15, -0.1) is 0 Å². The van der Waals surface area contributed by atoms with E-state index in [0.29, 0.717) is 5.69 Å². The highest BCUT2D eigenvalue weighted by atomic mass is 16.5. The Bertz CT molecular complexity index is 855. The molecule has 3 heteroatoms. The first-order valence-corrected chi connectivity index (χ1v) is 8.47. The third-order valence-corrected chi connectivity index (χ3v) is 4.14. The summed E-state index contributed by atoms with van der Waals surface area (Å²) >= 11 is 0. The van der Waals surface area contributed by atoms with Crippen LogP contribution in [0.1, 0.15) is 29.4 Å². The van der Waals surface area contributed by atoms with E-state index < -0.39 is 5.97 Å². The Kier molecular flexibility index (Phi) is 5.24. The fourth-order valence-corrected chi connectivity index (χ4v) is 2.87. The number of benzene rings is 2. The second-order valence-electron chi connectivity index (χ2n) is 5.90. The number of nitrogens with zero attached hydrogens (tertiary/aromatic N) is 1. The highest BCUT2D eigenvalue weighted by molar-refractivity contribution is 5.90. The number of rotatable bonds is 5. The van der Waals surface area contributed by atoms with Crippen LogP contribution in [-0.2, 0) is 11.2 Å². The molecule has 3 rings (SSSR count). The Morgan fingerprint density at radius 2 is 1.64 bits per heavy atom. The van der Waals surface area contributed by atoms with E-state index in [1.807, 2.05) is 36.4 Å². The van der Waals surface area contributed by atoms with Gasteiger partial charge in [0.05, 0.1) is 12.8 Å². The standard InChI is InChI=1S/C22H21NO2/c1-3-7-16-10-12-17(13-11-16)19-14-15-20(22(24)25-2)23-21(19)18-8-5-4-6-9-18/h4-6,8-15H,3,7H2,1-2H3. The largest absolute Gasteiger partial charge is 0.464 e. The number of carbonyl (C=O) groups is 1. The first-order valence-electron chi connectivity index (χ1n) is 8.47. The van der Waals surface area contributed by atoms with Crippen molar-refractivity contribution in [1.29, 1.82) is 0 Å². The maximum absolute atomic E-state index is 11.9. The Balaban J connectivity index is 2.10. The van der Waals surface area contributed by atoms with Gasteiger partial charge in [-0.2, -0.15) is 0 Å². The predicted molar refractivity (Wildman–Crippen MR) is 100 cm³/mol. The molecular weight excluding hydrogens is 310 g/mol. The van der Waals surface area contributed by atoms with Gasteiger partial charge >= 0.3 is 5.97 Å². The van der Waals surface area contributed by atoms with Gasteiger partial charge in [0.1, 0.15) is 5.69 Å². The molecule has 0 aliphatic carbocycles. The first-order chi connectivity index (χ1) is 12.2. The van der Waals surface area contributed by atoms with E-state index in [4.69, 9.17) is 4.74 Å². The average Bonchev–Trinajstić information content (AvgIpc) is 2.68. The van der Waals surface area contributed by atoms with Gasteiger partial charge in [0.2, 0.25) is 0 Å². The molecular formula is C22H21NO2. The minimum atomic E-state index is -0.429. The van der Waals surface area contributed by atoms with E-state index in [-0.39, 0.29) is 0 Å². The zero-order valence-corrected chi connectivity index (χ0v) is 14.5. The van der Waals surface area contributed by atoms with Crippen molar-refractivity contribution >= 4 is 5.97 Å². The smallest absolute Gasteiger partial charge is 0.356 e. The van der Waals surface area contributed by atoms with Gasteiger partial charge in [0.25, 0.3) is 0 Å². The van der Waals surface area contributed by atoms with Gasteiger partial charge in [-0.1, -0.05) is 67.9 Å². The summed E-state index contributed by atoms with van der Waals surface area (Å²) in [6.07, 6.45) is 2.20. The second-order valence-corrected chi connectivity index (χ2v) is 5.90. The van der Waals surface area contributed by atoms with Gasteiger partial charge in [-0.25, -0.2) is 9.78 Å². The summed E-state index contributed by atoms with van der Waals surface area (Å²) in [6.45, 7) is 2.18. The molecule has 1 heterocycles. The zero-order chi connectivity index (χ0) is 17.6. The molecule has 0 spiro atoms. The maximum atomic E-state index is 11.9. The second kappa shape index (κ2) is 7.75. The first kappa shape index (κ1) is 16.9. The lowest BCUT2D eigenvalue weighted by atomic mass is 9.97. The Morgan fingerprint density at radius 3 is 2.28 bits per heavy atom. The fourth-order valence-electron chi connectivity index (χ4n) is 2.87. The molecule has 0 radical (unpaired) electrons. The lowest BCUT2D eigenvalue weighted by Gasteiger charge is -2.11. The number of esters is 1. The number of pyridine rings is 1. The summed E-state index contributed by atoms with van der Waals surface area (Å²) in [6, 6.07) is 22.1. The Labute approximate surface area is 148 Å². The quantitative estimate of drug-likeness (QED) is 0.607. The molecule has 25 heavy (non-hydrogen) atoms. The fraction of sp³-hybridized carbons (Fsp3) is 0.182. The zero-order valence-electron chi connectivity index (χ0n) is 14.5. The molecule has 3 aromatic rings. The van der Waals surface area contributed by atoms with Crippen molar-refractivity contribution in [2.75, 3.05) is 7.11 Å². The molecule has 0 aliphatic heterocycles. The number of ether oxygens (including phenoxy) is 1. The molecule has 126 valence electrons. The van der Waals surface area contributed by atoms with Crippen LogP contribution < -0.4 is 0 Å². The van der Waals surface area contributed by atoms with E-state index >= 15 is 0 Å². The number of aromatic nitrogens is 1. The van der Waals surface area contributed by atoms with Crippen LogP contribution in [0.4, 0.5) is 0 Å². The third kappa shape index (κ3) is 3.77. The normalized spacial score (nSPS) is 10.5. The van der Waals surface area contributed by atoms with Crippen LogP contribution in [0.2, 0.25) is 0 Å². The summed E-state index contributed by atoms with van der Waals surface area (Å²) in [5.74, 6) is -0.429. The number of hydrogen-bond acceptors (Lipinski definition) is 3. The van der Waals surface area contributed by atoms with Gasteiger partial charge in [0.15, 0.2) is 0 Å². The molecule has 0 atom stereocenters. The van der Waals surface area contributed by atoms with Crippen molar-refractivity contribution in [2.45, 2.75) is 19.8 Å². The van der Waals surface area contributed by atoms with Crippen molar-refractivity contribution in [1.82, 2.24) is 4.98 Å². The molecule has 0 fully saturated rings. The molecule has 0 bridgehead atoms. The van der Waals surface area contributed by atoms with Crippen LogP contribution in [0.15, 0.2) is 66.7 Å². The molecule has 0 unspecified atom stereocenters. The molecule has 1 aromatic heterocycles. The van der Waals surface area contributed by atoms with Crippen molar-refractivity contribution in [3.05, 3.63) is 78.0 Å². The Morgan fingerprint density at radius 1 is 0.920 bits per heavy atom. The number of hydrogen-bond donors (Lipinski definition) is 0. The molecule has 2 aromatic carbocycles. The van der Waals surface area contributed by atoms with Crippen LogP contribution >= 0.6 is 0 Å². The summed E-state index contributed by atoms with van der Waals surface area (Å²) in [7, 11) is 1.37. The molecule has 0 aliphatic rings. The molecule has 0 saturated carbocycles. The van der Waals surface area contributed by atoms with Crippen LogP contribution in [0.5, 0.6) is 0 Å². The highest BCUT2D eigenvalue weighted by Crippen LogP contribution is 2.31. The van der Waals surface area contributed by atoms with Crippen LogP contribution in [0.3, 0.4) is 0 Å². The van der Waals surface area contributed by atoms with E-state index in [0.717, 1.165) is 35.2 Å². The topological polar surface area (TPSA) is 39.2 Å². The van der Waals surface area contributed by atoms with Gasteiger partial charge in [-0.05, 0) is 29.7 Å². The lowest BCUT2D eigenvalue weighted by molar-refractivity contribution is 0.0594. The average molecular weight is 331 g/mol. The van der Waals surface area contributed by atoms with Gasteiger partial charge < -0.3 is 4.74 Å². The summed E-state index contributed by atoms with van der Waals surface area (Å²) in [5, 5.41) is 0. The van der Waals surface area contributed by atoms with Crippen molar-refractivity contribution in [3.63, 3.8) is 0 Å². The van der Waals surface area contributed by atoms with E-state index in [1.54, 1.807) is 6.07 Å². The van der Waals surface area contributed by atoms with Crippen LogP contribution in [-0.4, -0.2) is 18.1 Å². The third-order valence-electron chi connectivity index (χ3n) is 4.14. The van der Waals surface area contributed by atoms with Crippen molar-refractivity contribution < 1.29 is 9.53 Å². The molecule has 0 amide bonds. The van der Waals surface area contributed by atoms with Crippen LogP contribution in [0.25, 0.3) is 22.4 Å². The van der Waals surface area contributed by atoms with E-state index in [1.165, 1.54) is 12.7 Å². The minimum Gasteiger partial charge on any atom is -0.464 e. The summed E-state index contributed by atoms with van der Waals surface area (Å²) in [5.41, 5.74) is 5.48. The van der Waals surface area contributed by atoms with Gasteiger partial charge in [0, 0.05) is 11.1 Å². The predicted octanol–water partition coefficient (Wildman–Crippen LogP) is 5.15. The molecule has 0 saturated heterocycles. The van der Waals surface area contributed by atoms with E-state index in [2.05, 4.69) is 36.2 Å². The maximum Gasteiger partial charge on any atom is 0.356 e. The number of methoxy groups -OCH3 is 1. The number of aryl methyl sites for hydroxylation is 1. The molecule has 3 nitrogen and oxygen atoms in total. The molecule has 0 N–H and O–H groups in total. The van der Waals surface area contributed by atoms with E-state index in [9.17, 15) is 4.79 Å². The van der Waals surface area contributed by atoms with Gasteiger partial charge in [-0.3, -0.25) is 0 Å². The monoisotopic (exact) mass is 331 g/mol. The van der Waals surface area contributed by atoms with Crippen LogP contribution in [0, 0.1) is 0 Å². The summed E-state index contributed by atoms with van der Waals surface area (Å²) in [4.78, 5) is 16.5. The van der Waals surface area contributed by atoms with Crippen molar-refractivity contribution in [3.8, 4) is 22.4 Å². The Hall–Kier alpha value is -2.94.